The molecule has 0 fully saturated rings. The molecule has 0 heterocycles. The highest BCUT2D eigenvalue weighted by atomic mass is 16.5. The van der Waals surface area contributed by atoms with Crippen molar-refractivity contribution in [1.29, 1.82) is 0 Å². The number of amides is 1. The van der Waals surface area contributed by atoms with Crippen LogP contribution in [0.4, 0.5) is 5.69 Å². The van der Waals surface area contributed by atoms with Crippen LogP contribution in [0.2, 0.25) is 0 Å². The van der Waals surface area contributed by atoms with Crippen molar-refractivity contribution >= 4 is 11.6 Å². The molecule has 0 aromatic heterocycles. The minimum Gasteiger partial charge on any atom is -0.497 e. The largest absolute Gasteiger partial charge is 0.497 e. The summed E-state index contributed by atoms with van der Waals surface area (Å²) < 4.78 is 15.7. The molecule has 0 spiro atoms. The molecule has 1 amide bonds. The Hall–Kier alpha value is -2.69. The molecule has 2 aromatic rings. The topological polar surface area (TPSA) is 56.8 Å². The zero-order valence-electron chi connectivity index (χ0n) is 15.3. The Labute approximate surface area is 148 Å². The fourth-order valence-electron chi connectivity index (χ4n) is 2.78. The lowest BCUT2D eigenvalue weighted by molar-refractivity contribution is -0.118. The van der Waals surface area contributed by atoms with Gasteiger partial charge >= 0.3 is 0 Å². The molecule has 134 valence electrons. The van der Waals surface area contributed by atoms with Gasteiger partial charge in [0.05, 0.1) is 27.2 Å². The first-order valence-corrected chi connectivity index (χ1v) is 8.17. The van der Waals surface area contributed by atoms with Gasteiger partial charge in [0, 0.05) is 11.8 Å². The van der Waals surface area contributed by atoms with E-state index in [1.165, 1.54) is 0 Å². The molecule has 2 rings (SSSR count). The molecule has 5 nitrogen and oxygen atoms in total. The maximum absolute atomic E-state index is 12.8. The van der Waals surface area contributed by atoms with Crippen LogP contribution in [0.15, 0.2) is 42.5 Å². The molecule has 0 aliphatic carbocycles. The first-order valence-electron chi connectivity index (χ1n) is 8.17. The summed E-state index contributed by atoms with van der Waals surface area (Å²) >= 11 is 0. The van der Waals surface area contributed by atoms with Crippen LogP contribution in [-0.4, -0.2) is 27.2 Å². The van der Waals surface area contributed by atoms with E-state index in [-0.39, 0.29) is 17.7 Å². The Morgan fingerprint density at radius 3 is 2.04 bits per heavy atom. The normalized spacial score (nSPS) is 11.8. The minimum atomic E-state index is -0.265. The van der Waals surface area contributed by atoms with Gasteiger partial charge in [-0.3, -0.25) is 4.79 Å². The second-order valence-electron chi connectivity index (χ2n) is 6.05. The van der Waals surface area contributed by atoms with Crippen molar-refractivity contribution in [3.63, 3.8) is 0 Å². The number of rotatable bonds is 7. The highest BCUT2D eigenvalue weighted by molar-refractivity contribution is 5.96. The third kappa shape index (κ3) is 4.44. The van der Waals surface area contributed by atoms with Crippen LogP contribution < -0.4 is 19.5 Å². The molecule has 0 bridgehead atoms. The standard InChI is InChI=1S/C20H25NO4/c1-13(2)19(14-6-9-16(23-3)10-7-14)20(22)21-15-8-11-17(24-4)18(12-15)25-5/h6-13,19H,1-5H3,(H,21,22). The Kier molecular flexibility index (Phi) is 6.28. The second kappa shape index (κ2) is 8.42. The van der Waals surface area contributed by atoms with Gasteiger partial charge in [-0.15, -0.1) is 0 Å². The molecule has 0 aliphatic heterocycles. The molecule has 0 radical (unpaired) electrons. The van der Waals surface area contributed by atoms with Crippen LogP contribution in [0, 0.1) is 5.92 Å². The van der Waals surface area contributed by atoms with Crippen molar-refractivity contribution in [2.75, 3.05) is 26.6 Å². The van der Waals surface area contributed by atoms with Crippen molar-refractivity contribution in [3.05, 3.63) is 48.0 Å². The molecule has 1 N–H and O–H groups in total. The summed E-state index contributed by atoms with van der Waals surface area (Å²) in [5.41, 5.74) is 1.62. The highest BCUT2D eigenvalue weighted by Gasteiger charge is 2.24. The van der Waals surface area contributed by atoms with E-state index in [0.717, 1.165) is 11.3 Å². The number of hydrogen-bond acceptors (Lipinski definition) is 4. The van der Waals surface area contributed by atoms with Gasteiger partial charge in [0.25, 0.3) is 0 Å². The van der Waals surface area contributed by atoms with Crippen LogP contribution in [0.25, 0.3) is 0 Å². The fraction of sp³-hybridized carbons (Fsp3) is 0.350. The summed E-state index contributed by atoms with van der Waals surface area (Å²) in [5, 5.41) is 2.97. The summed E-state index contributed by atoms with van der Waals surface area (Å²) in [6.45, 7) is 4.06. The van der Waals surface area contributed by atoms with Gasteiger partial charge in [0.1, 0.15) is 5.75 Å². The zero-order valence-corrected chi connectivity index (χ0v) is 15.3. The Morgan fingerprint density at radius 2 is 1.52 bits per heavy atom. The summed E-state index contributed by atoms with van der Waals surface area (Å²) in [6, 6.07) is 12.9. The van der Waals surface area contributed by atoms with Crippen LogP contribution in [0.3, 0.4) is 0 Å². The highest BCUT2D eigenvalue weighted by Crippen LogP contribution is 2.32. The average molecular weight is 343 g/mol. The Bertz CT molecular complexity index is 710. The van der Waals surface area contributed by atoms with Gasteiger partial charge in [0.2, 0.25) is 5.91 Å². The predicted molar refractivity (Wildman–Crippen MR) is 98.7 cm³/mol. The molecule has 5 heteroatoms. The lowest BCUT2D eigenvalue weighted by Crippen LogP contribution is -2.25. The molecule has 0 saturated carbocycles. The van der Waals surface area contributed by atoms with Gasteiger partial charge < -0.3 is 19.5 Å². The molecule has 1 atom stereocenters. The predicted octanol–water partition coefficient (Wildman–Crippen LogP) is 4.09. The maximum atomic E-state index is 12.8. The van der Waals surface area contributed by atoms with E-state index in [1.54, 1.807) is 39.5 Å². The average Bonchev–Trinajstić information content (AvgIpc) is 2.62. The number of carbonyl (C=O) groups is 1. The zero-order chi connectivity index (χ0) is 18.4. The van der Waals surface area contributed by atoms with Crippen molar-refractivity contribution < 1.29 is 19.0 Å². The summed E-state index contributed by atoms with van der Waals surface area (Å²) in [6.07, 6.45) is 0. The first kappa shape index (κ1) is 18.6. The number of hydrogen-bond donors (Lipinski definition) is 1. The number of benzene rings is 2. The number of ether oxygens (including phenoxy) is 3. The summed E-state index contributed by atoms with van der Waals surface area (Å²) in [4.78, 5) is 12.8. The monoisotopic (exact) mass is 343 g/mol. The third-order valence-electron chi connectivity index (χ3n) is 4.08. The summed E-state index contributed by atoms with van der Waals surface area (Å²) in [7, 11) is 4.77. The van der Waals surface area contributed by atoms with E-state index in [0.29, 0.717) is 17.2 Å². The van der Waals surface area contributed by atoms with Crippen molar-refractivity contribution in [3.8, 4) is 17.2 Å². The van der Waals surface area contributed by atoms with Gasteiger partial charge in [-0.05, 0) is 35.7 Å². The van der Waals surface area contributed by atoms with Gasteiger partial charge in [-0.25, -0.2) is 0 Å². The van der Waals surface area contributed by atoms with Crippen LogP contribution >= 0.6 is 0 Å². The van der Waals surface area contributed by atoms with Crippen molar-refractivity contribution in [1.82, 2.24) is 0 Å². The van der Waals surface area contributed by atoms with Crippen LogP contribution in [0.5, 0.6) is 17.2 Å². The van der Waals surface area contributed by atoms with Crippen LogP contribution in [-0.2, 0) is 4.79 Å². The number of carbonyl (C=O) groups excluding carboxylic acids is 1. The molecular formula is C20H25NO4. The Balaban J connectivity index is 2.23. The quantitative estimate of drug-likeness (QED) is 0.823. The molecule has 0 saturated heterocycles. The third-order valence-corrected chi connectivity index (χ3v) is 4.08. The van der Waals surface area contributed by atoms with E-state index in [1.807, 2.05) is 38.1 Å². The molecule has 1 unspecified atom stereocenters. The van der Waals surface area contributed by atoms with E-state index >= 15 is 0 Å². The first-order chi connectivity index (χ1) is 12.0. The fourth-order valence-corrected chi connectivity index (χ4v) is 2.78. The summed E-state index contributed by atoms with van der Waals surface area (Å²) in [5.74, 6) is 1.79. The van der Waals surface area contributed by atoms with E-state index in [9.17, 15) is 4.79 Å². The van der Waals surface area contributed by atoms with Gasteiger partial charge in [-0.2, -0.15) is 0 Å². The smallest absolute Gasteiger partial charge is 0.232 e. The maximum Gasteiger partial charge on any atom is 0.232 e. The van der Waals surface area contributed by atoms with Crippen LogP contribution in [0.1, 0.15) is 25.3 Å². The minimum absolute atomic E-state index is 0.0626. The Morgan fingerprint density at radius 1 is 0.880 bits per heavy atom. The van der Waals surface area contributed by atoms with E-state index < -0.39 is 0 Å². The molecule has 2 aromatic carbocycles. The second-order valence-corrected chi connectivity index (χ2v) is 6.05. The molecule has 25 heavy (non-hydrogen) atoms. The van der Waals surface area contributed by atoms with Gasteiger partial charge in [0.15, 0.2) is 11.5 Å². The molecular weight excluding hydrogens is 318 g/mol. The lowest BCUT2D eigenvalue weighted by Gasteiger charge is -2.21. The lowest BCUT2D eigenvalue weighted by atomic mass is 9.87. The van der Waals surface area contributed by atoms with E-state index in [4.69, 9.17) is 14.2 Å². The van der Waals surface area contributed by atoms with E-state index in [2.05, 4.69) is 5.32 Å². The van der Waals surface area contributed by atoms with Crippen molar-refractivity contribution in [2.24, 2.45) is 5.92 Å². The number of anilines is 1. The SMILES string of the molecule is COc1ccc(C(C(=O)Nc2ccc(OC)c(OC)c2)C(C)C)cc1. The number of nitrogens with one attached hydrogen (secondary N) is 1. The number of methoxy groups -OCH3 is 3. The van der Waals surface area contributed by atoms with Crippen molar-refractivity contribution in [2.45, 2.75) is 19.8 Å². The van der Waals surface area contributed by atoms with Gasteiger partial charge in [-0.1, -0.05) is 26.0 Å². The molecule has 0 aliphatic rings.